The van der Waals surface area contributed by atoms with Gasteiger partial charge in [0.25, 0.3) is 0 Å². The smallest absolute Gasteiger partial charge is 0.0558 e. The summed E-state index contributed by atoms with van der Waals surface area (Å²) in [7, 11) is 0. The summed E-state index contributed by atoms with van der Waals surface area (Å²) >= 11 is 3.46. The van der Waals surface area contributed by atoms with E-state index in [2.05, 4.69) is 39.9 Å². The van der Waals surface area contributed by atoms with Crippen molar-refractivity contribution >= 4 is 15.9 Å². The molecule has 4 heteroatoms. The van der Waals surface area contributed by atoms with Crippen molar-refractivity contribution in [3.63, 3.8) is 0 Å². The van der Waals surface area contributed by atoms with Crippen molar-refractivity contribution in [2.45, 2.75) is 38.8 Å². The molecule has 0 heterocycles. The Bertz CT molecular complexity index is 354. The van der Waals surface area contributed by atoms with E-state index in [4.69, 9.17) is 5.73 Å². The van der Waals surface area contributed by atoms with Crippen molar-refractivity contribution in [2.75, 3.05) is 19.7 Å². The topological polar surface area (TPSA) is 49.5 Å². The molecule has 1 aromatic rings. The highest BCUT2D eigenvalue weighted by Gasteiger charge is 2.23. The number of benzene rings is 1. The van der Waals surface area contributed by atoms with Crippen LogP contribution in [0.5, 0.6) is 0 Å². The average Bonchev–Trinajstić information content (AvgIpc) is 2.38. The van der Waals surface area contributed by atoms with Gasteiger partial charge in [-0.1, -0.05) is 41.4 Å². The normalized spacial score (nSPS) is 14.6. The van der Waals surface area contributed by atoms with E-state index in [1.54, 1.807) is 0 Å². The first-order valence-corrected chi connectivity index (χ1v) is 7.75. The van der Waals surface area contributed by atoms with Crippen molar-refractivity contribution in [1.82, 2.24) is 4.90 Å². The summed E-state index contributed by atoms with van der Waals surface area (Å²) < 4.78 is 1.07. The minimum atomic E-state index is 0.0320. The SMILES string of the molecule is CCCCN(CCO)C(c1ccc(Br)cc1)C(C)N. The number of hydrogen-bond donors (Lipinski definition) is 2. The lowest BCUT2D eigenvalue weighted by Crippen LogP contribution is -2.41. The standard InChI is InChI=1S/C15H25BrN2O/c1-3-4-9-18(10-11-19)15(12(2)17)13-5-7-14(16)8-6-13/h5-8,12,15,19H,3-4,9-11,17H2,1-2H3. The van der Waals surface area contributed by atoms with Gasteiger partial charge in [-0.2, -0.15) is 0 Å². The molecule has 0 aromatic heterocycles. The predicted octanol–water partition coefficient (Wildman–Crippen LogP) is 2.93. The van der Waals surface area contributed by atoms with E-state index in [0.29, 0.717) is 6.54 Å². The van der Waals surface area contributed by atoms with Crippen molar-refractivity contribution in [3.8, 4) is 0 Å². The van der Waals surface area contributed by atoms with E-state index in [-0.39, 0.29) is 18.7 Å². The second kappa shape index (κ2) is 8.69. The summed E-state index contributed by atoms with van der Waals surface area (Å²) in [5.74, 6) is 0. The molecule has 0 aliphatic carbocycles. The Morgan fingerprint density at radius 3 is 2.37 bits per heavy atom. The maximum absolute atomic E-state index is 9.27. The van der Waals surface area contributed by atoms with E-state index in [0.717, 1.165) is 23.9 Å². The molecule has 0 radical (unpaired) electrons. The molecule has 0 spiro atoms. The summed E-state index contributed by atoms with van der Waals surface area (Å²) in [6.07, 6.45) is 2.27. The summed E-state index contributed by atoms with van der Waals surface area (Å²) in [6, 6.07) is 8.49. The van der Waals surface area contributed by atoms with Crippen LogP contribution in [0.3, 0.4) is 0 Å². The maximum Gasteiger partial charge on any atom is 0.0558 e. The monoisotopic (exact) mass is 328 g/mol. The lowest BCUT2D eigenvalue weighted by atomic mass is 9.99. The van der Waals surface area contributed by atoms with Crippen LogP contribution in [0.2, 0.25) is 0 Å². The Labute approximate surface area is 124 Å². The van der Waals surface area contributed by atoms with Gasteiger partial charge >= 0.3 is 0 Å². The van der Waals surface area contributed by atoms with Gasteiger partial charge in [-0.05, 0) is 37.6 Å². The fraction of sp³-hybridized carbons (Fsp3) is 0.600. The fourth-order valence-corrected chi connectivity index (χ4v) is 2.65. The summed E-state index contributed by atoms with van der Waals surface area (Å²) in [5, 5.41) is 9.27. The zero-order valence-electron chi connectivity index (χ0n) is 11.8. The lowest BCUT2D eigenvalue weighted by Gasteiger charge is -2.34. The number of hydrogen-bond acceptors (Lipinski definition) is 3. The van der Waals surface area contributed by atoms with Crippen LogP contribution in [0.4, 0.5) is 0 Å². The van der Waals surface area contributed by atoms with Crippen molar-refractivity contribution < 1.29 is 5.11 Å². The third-order valence-electron chi connectivity index (χ3n) is 3.29. The van der Waals surface area contributed by atoms with Crippen LogP contribution in [-0.2, 0) is 0 Å². The first-order valence-electron chi connectivity index (χ1n) is 6.96. The zero-order valence-corrected chi connectivity index (χ0v) is 13.4. The van der Waals surface area contributed by atoms with Gasteiger partial charge in [0.1, 0.15) is 0 Å². The van der Waals surface area contributed by atoms with Gasteiger partial charge < -0.3 is 10.8 Å². The van der Waals surface area contributed by atoms with Crippen LogP contribution < -0.4 is 5.73 Å². The summed E-state index contributed by atoms with van der Waals surface area (Å²) in [5.41, 5.74) is 7.39. The Morgan fingerprint density at radius 1 is 1.26 bits per heavy atom. The molecule has 3 N–H and O–H groups in total. The second-order valence-electron chi connectivity index (χ2n) is 4.97. The van der Waals surface area contributed by atoms with Crippen LogP contribution in [-0.4, -0.2) is 35.7 Å². The highest BCUT2D eigenvalue weighted by atomic mass is 79.9. The number of aliphatic hydroxyl groups is 1. The molecule has 1 rings (SSSR count). The first kappa shape index (κ1) is 16.6. The molecule has 0 bridgehead atoms. The van der Waals surface area contributed by atoms with E-state index >= 15 is 0 Å². The number of aliphatic hydroxyl groups excluding tert-OH is 1. The maximum atomic E-state index is 9.27. The number of halogens is 1. The Morgan fingerprint density at radius 2 is 1.89 bits per heavy atom. The van der Waals surface area contributed by atoms with Gasteiger partial charge in [0, 0.05) is 23.1 Å². The van der Waals surface area contributed by atoms with Gasteiger partial charge in [0.15, 0.2) is 0 Å². The van der Waals surface area contributed by atoms with Crippen LogP contribution >= 0.6 is 15.9 Å². The van der Waals surface area contributed by atoms with Gasteiger partial charge in [-0.25, -0.2) is 0 Å². The third-order valence-corrected chi connectivity index (χ3v) is 3.82. The quantitative estimate of drug-likeness (QED) is 0.771. The summed E-state index contributed by atoms with van der Waals surface area (Å²) in [6.45, 7) is 6.02. The van der Waals surface area contributed by atoms with E-state index in [9.17, 15) is 5.11 Å². The Kier molecular flexibility index (Phi) is 7.61. The van der Waals surface area contributed by atoms with Gasteiger partial charge in [0.2, 0.25) is 0 Å². The Balaban J connectivity index is 2.92. The molecule has 0 saturated carbocycles. The minimum absolute atomic E-state index is 0.0320. The molecule has 2 atom stereocenters. The molecule has 0 fully saturated rings. The van der Waals surface area contributed by atoms with Crippen LogP contribution in [0.25, 0.3) is 0 Å². The number of unbranched alkanes of at least 4 members (excludes halogenated alkanes) is 1. The molecule has 108 valence electrons. The van der Waals surface area contributed by atoms with E-state index in [1.165, 1.54) is 5.56 Å². The van der Waals surface area contributed by atoms with Gasteiger partial charge in [0.05, 0.1) is 6.61 Å². The number of rotatable bonds is 8. The second-order valence-corrected chi connectivity index (χ2v) is 5.88. The van der Waals surface area contributed by atoms with Crippen molar-refractivity contribution in [3.05, 3.63) is 34.3 Å². The molecular weight excluding hydrogens is 304 g/mol. The van der Waals surface area contributed by atoms with Crippen LogP contribution in [0.15, 0.2) is 28.7 Å². The van der Waals surface area contributed by atoms with Crippen LogP contribution in [0, 0.1) is 0 Å². The van der Waals surface area contributed by atoms with E-state index in [1.807, 2.05) is 19.1 Å². The molecule has 0 amide bonds. The molecule has 0 aliphatic heterocycles. The molecule has 2 unspecified atom stereocenters. The van der Waals surface area contributed by atoms with Gasteiger partial charge in [-0.15, -0.1) is 0 Å². The van der Waals surface area contributed by atoms with Crippen molar-refractivity contribution in [2.24, 2.45) is 5.73 Å². The predicted molar refractivity (Wildman–Crippen MR) is 84.1 cm³/mol. The first-order chi connectivity index (χ1) is 9.10. The average molecular weight is 329 g/mol. The molecule has 0 saturated heterocycles. The zero-order chi connectivity index (χ0) is 14.3. The fourth-order valence-electron chi connectivity index (χ4n) is 2.39. The summed E-state index contributed by atoms with van der Waals surface area (Å²) in [4.78, 5) is 2.29. The lowest BCUT2D eigenvalue weighted by molar-refractivity contribution is 0.135. The van der Waals surface area contributed by atoms with Crippen molar-refractivity contribution in [1.29, 1.82) is 0 Å². The number of nitrogens with zero attached hydrogens (tertiary/aromatic N) is 1. The molecule has 19 heavy (non-hydrogen) atoms. The molecule has 3 nitrogen and oxygen atoms in total. The third kappa shape index (κ3) is 5.22. The van der Waals surface area contributed by atoms with E-state index < -0.39 is 0 Å². The highest BCUT2D eigenvalue weighted by Crippen LogP contribution is 2.25. The van der Waals surface area contributed by atoms with Gasteiger partial charge in [-0.3, -0.25) is 4.90 Å². The number of nitrogens with two attached hydrogens (primary N) is 1. The Hall–Kier alpha value is -0.420. The minimum Gasteiger partial charge on any atom is -0.395 e. The largest absolute Gasteiger partial charge is 0.395 e. The molecular formula is C15H25BrN2O. The van der Waals surface area contributed by atoms with Crippen LogP contribution in [0.1, 0.15) is 38.3 Å². The highest BCUT2D eigenvalue weighted by molar-refractivity contribution is 9.10. The molecule has 0 aliphatic rings. The molecule has 1 aromatic carbocycles.